The Labute approximate surface area is 173 Å². The first-order valence-electron chi connectivity index (χ1n) is 9.19. The third-order valence-electron chi connectivity index (χ3n) is 4.77. The predicted octanol–water partition coefficient (Wildman–Crippen LogP) is 3.78. The number of ether oxygens (including phenoxy) is 1. The van der Waals surface area contributed by atoms with Crippen LogP contribution in [0, 0.1) is 5.92 Å². The Morgan fingerprint density at radius 1 is 0.897 bits per heavy atom. The van der Waals surface area contributed by atoms with Crippen LogP contribution in [-0.4, -0.2) is 40.6 Å². The van der Waals surface area contributed by atoms with Gasteiger partial charge in [0.15, 0.2) is 6.10 Å². The minimum absolute atomic E-state index is 0.251. The van der Waals surface area contributed by atoms with Crippen LogP contribution in [0.5, 0.6) is 0 Å². The molecule has 0 radical (unpaired) electrons. The molecule has 0 bridgehead atoms. The summed E-state index contributed by atoms with van der Waals surface area (Å²) in [5, 5.41) is 0.483. The van der Waals surface area contributed by atoms with Gasteiger partial charge in [-0.15, -0.1) is 0 Å². The fourth-order valence-corrected chi connectivity index (χ4v) is 3.41. The zero-order chi connectivity index (χ0) is 21.3. The van der Waals surface area contributed by atoms with Gasteiger partial charge in [-0.05, 0) is 49.2 Å². The molecule has 1 aliphatic rings. The monoisotopic (exact) mass is 413 g/mol. The van der Waals surface area contributed by atoms with Gasteiger partial charge >= 0.3 is 5.97 Å². The quantitative estimate of drug-likeness (QED) is 0.409. The van der Waals surface area contributed by atoms with Gasteiger partial charge in [0.05, 0.1) is 11.1 Å². The largest absolute Gasteiger partial charge is 0.453 e. The minimum Gasteiger partial charge on any atom is -0.453 e. The number of carbonyl (C=O) groups excluding carboxylic acids is 4. The maximum atomic E-state index is 12.9. The molecule has 0 unspecified atom stereocenters. The van der Waals surface area contributed by atoms with Crippen LogP contribution in [0.4, 0.5) is 0 Å². The van der Waals surface area contributed by atoms with Crippen LogP contribution < -0.4 is 0 Å². The number of fused-ring (bicyclic) bond motifs is 1. The average molecular weight is 414 g/mol. The summed E-state index contributed by atoms with van der Waals surface area (Å²) >= 11 is 5.83. The van der Waals surface area contributed by atoms with Crippen molar-refractivity contribution in [3.05, 3.63) is 70.2 Å². The van der Waals surface area contributed by atoms with Gasteiger partial charge in [-0.3, -0.25) is 19.3 Å². The summed E-state index contributed by atoms with van der Waals surface area (Å²) in [6, 6.07) is 11.5. The van der Waals surface area contributed by atoms with Crippen molar-refractivity contribution in [2.45, 2.75) is 32.9 Å². The molecule has 7 heteroatoms. The van der Waals surface area contributed by atoms with E-state index in [2.05, 4.69) is 0 Å². The maximum absolute atomic E-state index is 12.9. The van der Waals surface area contributed by atoms with Crippen LogP contribution >= 0.6 is 11.6 Å². The SMILES string of the molecule is CC(C)[C@@H](C(=O)O[C@H](C)C(=O)c1ccc(Cl)cc1)N1C(=O)c2ccccc2C1=O. The number of carbonyl (C=O) groups is 4. The third-order valence-corrected chi connectivity index (χ3v) is 5.02. The molecule has 1 aliphatic heterocycles. The highest BCUT2D eigenvalue weighted by atomic mass is 35.5. The van der Waals surface area contributed by atoms with E-state index < -0.39 is 41.6 Å². The summed E-state index contributed by atoms with van der Waals surface area (Å²) in [6.45, 7) is 4.87. The summed E-state index contributed by atoms with van der Waals surface area (Å²) in [5.74, 6) is -2.69. The standard InChI is InChI=1S/C22H20ClNO5/c1-12(2)18(24-20(26)16-6-4-5-7-17(16)21(24)27)22(28)29-13(3)19(25)14-8-10-15(23)11-9-14/h4-13,18H,1-3H3/t13-,18+/m1/s1. The molecule has 0 aromatic heterocycles. The van der Waals surface area contributed by atoms with Crippen molar-refractivity contribution in [2.75, 3.05) is 0 Å². The number of ketones is 1. The molecule has 1 heterocycles. The second kappa shape index (κ2) is 8.17. The first-order valence-corrected chi connectivity index (χ1v) is 9.57. The van der Waals surface area contributed by atoms with Gasteiger partial charge in [0, 0.05) is 10.6 Å². The van der Waals surface area contributed by atoms with Crippen molar-refractivity contribution >= 4 is 35.2 Å². The highest BCUT2D eigenvalue weighted by Crippen LogP contribution is 2.28. The number of Topliss-reactive ketones (excluding diaryl/α,β-unsaturated/α-hetero) is 1. The molecular weight excluding hydrogens is 394 g/mol. The lowest BCUT2D eigenvalue weighted by Gasteiger charge is -2.28. The van der Waals surface area contributed by atoms with Gasteiger partial charge in [0.2, 0.25) is 5.78 Å². The highest BCUT2D eigenvalue weighted by Gasteiger charge is 2.45. The maximum Gasteiger partial charge on any atom is 0.330 e. The molecular formula is C22H20ClNO5. The number of halogens is 1. The third kappa shape index (κ3) is 3.93. The molecule has 2 atom stereocenters. The predicted molar refractivity (Wildman–Crippen MR) is 107 cm³/mol. The van der Waals surface area contributed by atoms with E-state index >= 15 is 0 Å². The zero-order valence-corrected chi connectivity index (χ0v) is 17.0. The fourth-order valence-electron chi connectivity index (χ4n) is 3.28. The fraction of sp³-hybridized carbons (Fsp3) is 0.273. The van der Waals surface area contributed by atoms with Gasteiger partial charge < -0.3 is 4.74 Å². The van der Waals surface area contributed by atoms with E-state index in [1.165, 1.54) is 6.92 Å². The second-order valence-corrected chi connectivity index (χ2v) is 7.60. The number of amides is 2. The molecule has 0 saturated heterocycles. The molecule has 2 aromatic carbocycles. The molecule has 2 amide bonds. The van der Waals surface area contributed by atoms with Crippen molar-refractivity contribution in [1.29, 1.82) is 0 Å². The Bertz CT molecular complexity index is 948. The number of hydrogen-bond acceptors (Lipinski definition) is 5. The average Bonchev–Trinajstić information content (AvgIpc) is 2.93. The number of imide groups is 1. The smallest absolute Gasteiger partial charge is 0.330 e. The van der Waals surface area contributed by atoms with Gasteiger partial charge in [-0.2, -0.15) is 0 Å². The van der Waals surface area contributed by atoms with E-state index in [0.29, 0.717) is 10.6 Å². The molecule has 0 saturated carbocycles. The first-order chi connectivity index (χ1) is 13.7. The van der Waals surface area contributed by atoms with Crippen LogP contribution in [0.1, 0.15) is 51.8 Å². The van der Waals surface area contributed by atoms with Crippen LogP contribution in [0.15, 0.2) is 48.5 Å². The summed E-state index contributed by atoms with van der Waals surface area (Å²) in [6.07, 6.45) is -1.08. The lowest BCUT2D eigenvalue weighted by atomic mass is 10.0. The van der Waals surface area contributed by atoms with Crippen LogP contribution in [0.3, 0.4) is 0 Å². The number of benzene rings is 2. The number of rotatable bonds is 6. The lowest BCUT2D eigenvalue weighted by molar-refractivity contribution is -0.152. The van der Waals surface area contributed by atoms with Crippen LogP contribution in [-0.2, 0) is 9.53 Å². The van der Waals surface area contributed by atoms with Crippen molar-refractivity contribution < 1.29 is 23.9 Å². The second-order valence-electron chi connectivity index (χ2n) is 7.17. The Hall–Kier alpha value is -2.99. The Morgan fingerprint density at radius 3 is 1.90 bits per heavy atom. The molecule has 0 aliphatic carbocycles. The normalized spacial score (nSPS) is 15.3. The lowest BCUT2D eigenvalue weighted by Crippen LogP contribution is -2.49. The molecule has 6 nitrogen and oxygen atoms in total. The summed E-state index contributed by atoms with van der Waals surface area (Å²) in [7, 11) is 0. The van der Waals surface area contributed by atoms with Crippen molar-refractivity contribution in [1.82, 2.24) is 4.90 Å². The highest BCUT2D eigenvalue weighted by molar-refractivity contribution is 6.30. The number of esters is 1. The molecule has 29 heavy (non-hydrogen) atoms. The van der Waals surface area contributed by atoms with Crippen LogP contribution in [0.25, 0.3) is 0 Å². The summed E-state index contributed by atoms with van der Waals surface area (Å²) in [5.41, 5.74) is 0.846. The van der Waals surface area contributed by atoms with Crippen molar-refractivity contribution in [3.63, 3.8) is 0 Å². The van der Waals surface area contributed by atoms with Crippen molar-refractivity contribution in [2.24, 2.45) is 5.92 Å². The van der Waals surface area contributed by atoms with Crippen LogP contribution in [0.2, 0.25) is 5.02 Å². The molecule has 150 valence electrons. The number of nitrogens with zero attached hydrogens (tertiary/aromatic N) is 1. The topological polar surface area (TPSA) is 80.8 Å². The molecule has 2 aromatic rings. The van der Waals surface area contributed by atoms with E-state index in [1.807, 2.05) is 0 Å². The van der Waals surface area contributed by atoms with E-state index in [-0.39, 0.29) is 11.1 Å². The van der Waals surface area contributed by atoms with Gasteiger partial charge in [-0.25, -0.2) is 4.79 Å². The van der Waals surface area contributed by atoms with Gasteiger partial charge in [0.25, 0.3) is 11.8 Å². The van der Waals surface area contributed by atoms with E-state index in [0.717, 1.165) is 4.90 Å². The van der Waals surface area contributed by atoms with E-state index in [1.54, 1.807) is 62.4 Å². The summed E-state index contributed by atoms with van der Waals surface area (Å²) in [4.78, 5) is 51.8. The summed E-state index contributed by atoms with van der Waals surface area (Å²) < 4.78 is 5.36. The minimum atomic E-state index is -1.14. The first kappa shape index (κ1) is 20.7. The van der Waals surface area contributed by atoms with Crippen molar-refractivity contribution in [3.8, 4) is 0 Å². The van der Waals surface area contributed by atoms with E-state index in [9.17, 15) is 19.2 Å². The number of hydrogen-bond donors (Lipinski definition) is 0. The molecule has 0 spiro atoms. The molecule has 0 fully saturated rings. The van der Waals surface area contributed by atoms with Gasteiger partial charge in [-0.1, -0.05) is 37.6 Å². The van der Waals surface area contributed by atoms with Gasteiger partial charge in [0.1, 0.15) is 6.04 Å². The van der Waals surface area contributed by atoms with E-state index in [4.69, 9.17) is 16.3 Å². The Balaban J connectivity index is 1.80. The molecule has 3 rings (SSSR count). The molecule has 0 N–H and O–H groups in total. The Morgan fingerprint density at radius 2 is 1.41 bits per heavy atom. The zero-order valence-electron chi connectivity index (χ0n) is 16.2. The Kier molecular flexibility index (Phi) is 5.84.